The van der Waals surface area contributed by atoms with Crippen molar-refractivity contribution < 1.29 is 9.21 Å². The fourth-order valence-corrected chi connectivity index (χ4v) is 2.93. The first-order chi connectivity index (χ1) is 10.7. The van der Waals surface area contributed by atoms with Gasteiger partial charge in [0.2, 0.25) is 0 Å². The summed E-state index contributed by atoms with van der Waals surface area (Å²) in [5, 5.41) is 6.44. The Morgan fingerprint density at radius 2 is 2.05 bits per heavy atom. The quantitative estimate of drug-likeness (QED) is 0.764. The number of aromatic nitrogens is 1. The SMILES string of the molecule is Cc1nc(-c2ccco2)sc1CNC(=O)Nc1ccccc1. The molecule has 1 aromatic carbocycles. The van der Waals surface area contributed by atoms with Crippen molar-refractivity contribution in [3.63, 3.8) is 0 Å². The van der Waals surface area contributed by atoms with E-state index in [0.717, 1.165) is 27.0 Å². The minimum absolute atomic E-state index is 0.237. The molecule has 0 saturated heterocycles. The highest BCUT2D eigenvalue weighted by Gasteiger charge is 2.12. The van der Waals surface area contributed by atoms with E-state index in [1.807, 2.05) is 49.4 Å². The van der Waals surface area contributed by atoms with Crippen molar-refractivity contribution in [2.24, 2.45) is 0 Å². The molecule has 2 amide bonds. The molecule has 0 aliphatic rings. The molecule has 6 heteroatoms. The highest BCUT2D eigenvalue weighted by atomic mass is 32.1. The molecule has 3 rings (SSSR count). The molecule has 0 atom stereocenters. The normalized spacial score (nSPS) is 10.4. The summed E-state index contributed by atoms with van der Waals surface area (Å²) in [7, 11) is 0. The number of aryl methyl sites for hydroxylation is 1. The second-order valence-electron chi connectivity index (χ2n) is 4.68. The Morgan fingerprint density at radius 3 is 2.77 bits per heavy atom. The van der Waals surface area contributed by atoms with Crippen LogP contribution in [0.5, 0.6) is 0 Å². The van der Waals surface area contributed by atoms with Crippen LogP contribution in [0.15, 0.2) is 53.1 Å². The average Bonchev–Trinajstić information content (AvgIpc) is 3.16. The Balaban J connectivity index is 1.61. The second-order valence-corrected chi connectivity index (χ2v) is 5.76. The smallest absolute Gasteiger partial charge is 0.319 e. The van der Waals surface area contributed by atoms with Gasteiger partial charge >= 0.3 is 6.03 Å². The third kappa shape index (κ3) is 3.35. The number of nitrogens with zero attached hydrogens (tertiary/aromatic N) is 1. The zero-order valence-electron chi connectivity index (χ0n) is 12.0. The van der Waals surface area contributed by atoms with Crippen LogP contribution >= 0.6 is 11.3 Å². The molecule has 0 radical (unpaired) electrons. The molecular weight excluding hydrogens is 298 g/mol. The number of urea groups is 1. The van der Waals surface area contributed by atoms with Gasteiger partial charge in [0.05, 0.1) is 18.5 Å². The van der Waals surface area contributed by atoms with Gasteiger partial charge in [-0.3, -0.25) is 0 Å². The Labute approximate surface area is 132 Å². The molecular formula is C16H15N3O2S. The average molecular weight is 313 g/mol. The van der Waals surface area contributed by atoms with Gasteiger partial charge in [0, 0.05) is 10.6 Å². The van der Waals surface area contributed by atoms with Crippen LogP contribution in [0.3, 0.4) is 0 Å². The minimum Gasteiger partial charge on any atom is -0.462 e. The molecule has 22 heavy (non-hydrogen) atoms. The van der Waals surface area contributed by atoms with Crippen molar-refractivity contribution in [2.75, 3.05) is 5.32 Å². The summed E-state index contributed by atoms with van der Waals surface area (Å²) in [6.45, 7) is 2.36. The number of rotatable bonds is 4. The highest BCUT2D eigenvalue weighted by molar-refractivity contribution is 7.15. The number of hydrogen-bond acceptors (Lipinski definition) is 4. The van der Waals surface area contributed by atoms with E-state index in [2.05, 4.69) is 15.6 Å². The van der Waals surface area contributed by atoms with Gasteiger partial charge in [-0.05, 0) is 31.2 Å². The predicted molar refractivity (Wildman–Crippen MR) is 86.9 cm³/mol. The van der Waals surface area contributed by atoms with E-state index >= 15 is 0 Å². The van der Waals surface area contributed by atoms with E-state index in [9.17, 15) is 4.79 Å². The second kappa shape index (κ2) is 6.44. The largest absolute Gasteiger partial charge is 0.462 e. The number of hydrogen-bond donors (Lipinski definition) is 2. The standard InChI is InChI=1S/C16H15N3O2S/c1-11-14(22-15(18-11)13-8-5-9-21-13)10-17-16(20)19-12-6-3-2-4-7-12/h2-9H,10H2,1H3,(H2,17,19,20). The molecule has 3 aromatic rings. The van der Waals surface area contributed by atoms with Crippen molar-refractivity contribution in [1.82, 2.24) is 10.3 Å². The lowest BCUT2D eigenvalue weighted by Gasteiger charge is -2.06. The van der Waals surface area contributed by atoms with E-state index in [0.29, 0.717) is 6.54 Å². The number of carbonyl (C=O) groups is 1. The van der Waals surface area contributed by atoms with Gasteiger partial charge in [0.15, 0.2) is 10.8 Å². The molecule has 0 fully saturated rings. The van der Waals surface area contributed by atoms with Crippen molar-refractivity contribution in [3.05, 3.63) is 59.3 Å². The molecule has 0 spiro atoms. The number of anilines is 1. The fraction of sp³-hybridized carbons (Fsp3) is 0.125. The molecule has 0 aliphatic heterocycles. The lowest BCUT2D eigenvalue weighted by molar-refractivity contribution is 0.252. The fourth-order valence-electron chi connectivity index (χ4n) is 1.96. The van der Waals surface area contributed by atoms with Crippen molar-refractivity contribution in [3.8, 4) is 10.8 Å². The molecule has 2 N–H and O–H groups in total. The Morgan fingerprint density at radius 1 is 1.23 bits per heavy atom. The number of carbonyl (C=O) groups excluding carboxylic acids is 1. The van der Waals surface area contributed by atoms with Crippen LogP contribution < -0.4 is 10.6 Å². The Bertz CT molecular complexity index is 751. The third-order valence-electron chi connectivity index (χ3n) is 3.07. The first-order valence-corrected chi connectivity index (χ1v) is 7.64. The summed E-state index contributed by atoms with van der Waals surface area (Å²) in [4.78, 5) is 17.4. The van der Waals surface area contributed by atoms with Crippen LogP contribution in [-0.2, 0) is 6.54 Å². The summed E-state index contributed by atoms with van der Waals surface area (Å²) in [5.41, 5.74) is 1.66. The number of benzene rings is 1. The monoisotopic (exact) mass is 313 g/mol. The predicted octanol–water partition coefficient (Wildman–Crippen LogP) is 4.03. The van der Waals surface area contributed by atoms with Gasteiger partial charge < -0.3 is 15.1 Å². The molecule has 2 aromatic heterocycles. The Kier molecular flexibility index (Phi) is 4.20. The van der Waals surface area contributed by atoms with E-state index in [-0.39, 0.29) is 6.03 Å². The van der Waals surface area contributed by atoms with Crippen LogP contribution in [0, 0.1) is 6.92 Å². The van der Waals surface area contributed by atoms with Gasteiger partial charge in [-0.15, -0.1) is 11.3 Å². The lowest BCUT2D eigenvalue weighted by Crippen LogP contribution is -2.28. The first kappa shape index (κ1) is 14.3. The zero-order valence-corrected chi connectivity index (χ0v) is 12.8. The topological polar surface area (TPSA) is 67.2 Å². The number of furan rings is 1. The third-order valence-corrected chi connectivity index (χ3v) is 4.24. The number of para-hydroxylation sites is 1. The van der Waals surface area contributed by atoms with E-state index in [1.54, 1.807) is 6.26 Å². The molecule has 0 unspecified atom stereocenters. The van der Waals surface area contributed by atoms with Gasteiger partial charge in [-0.25, -0.2) is 9.78 Å². The van der Waals surface area contributed by atoms with Crippen molar-refractivity contribution in [1.29, 1.82) is 0 Å². The molecule has 0 saturated carbocycles. The van der Waals surface area contributed by atoms with Crippen LogP contribution in [0.2, 0.25) is 0 Å². The number of nitrogens with one attached hydrogen (secondary N) is 2. The van der Waals surface area contributed by atoms with Gasteiger partial charge in [0.1, 0.15) is 0 Å². The maximum absolute atomic E-state index is 11.9. The van der Waals surface area contributed by atoms with Gasteiger partial charge in [-0.2, -0.15) is 0 Å². The van der Waals surface area contributed by atoms with E-state index in [4.69, 9.17) is 4.42 Å². The first-order valence-electron chi connectivity index (χ1n) is 6.82. The molecule has 0 bridgehead atoms. The van der Waals surface area contributed by atoms with Crippen LogP contribution in [0.25, 0.3) is 10.8 Å². The number of thiazole rings is 1. The minimum atomic E-state index is -0.237. The molecule has 2 heterocycles. The van der Waals surface area contributed by atoms with E-state index in [1.165, 1.54) is 11.3 Å². The van der Waals surface area contributed by atoms with Crippen molar-refractivity contribution in [2.45, 2.75) is 13.5 Å². The zero-order chi connectivity index (χ0) is 15.4. The van der Waals surface area contributed by atoms with E-state index < -0.39 is 0 Å². The number of amides is 2. The summed E-state index contributed by atoms with van der Waals surface area (Å²) >= 11 is 1.52. The molecule has 112 valence electrons. The van der Waals surface area contributed by atoms with Crippen molar-refractivity contribution >= 4 is 23.1 Å². The molecule has 5 nitrogen and oxygen atoms in total. The highest BCUT2D eigenvalue weighted by Crippen LogP contribution is 2.28. The summed E-state index contributed by atoms with van der Waals surface area (Å²) in [6.07, 6.45) is 1.62. The maximum atomic E-state index is 11.9. The Hall–Kier alpha value is -2.60. The molecule has 0 aliphatic carbocycles. The summed E-state index contributed by atoms with van der Waals surface area (Å²) in [6, 6.07) is 12.8. The van der Waals surface area contributed by atoms with Crippen LogP contribution in [0.1, 0.15) is 10.6 Å². The van der Waals surface area contributed by atoms with Gasteiger partial charge in [-0.1, -0.05) is 18.2 Å². The summed E-state index contributed by atoms with van der Waals surface area (Å²) < 4.78 is 5.34. The lowest BCUT2D eigenvalue weighted by atomic mass is 10.3. The maximum Gasteiger partial charge on any atom is 0.319 e. The van der Waals surface area contributed by atoms with Crippen LogP contribution in [0.4, 0.5) is 10.5 Å². The van der Waals surface area contributed by atoms with Gasteiger partial charge in [0.25, 0.3) is 0 Å². The summed E-state index contributed by atoms with van der Waals surface area (Å²) in [5.74, 6) is 0.744. The van der Waals surface area contributed by atoms with Crippen LogP contribution in [-0.4, -0.2) is 11.0 Å².